The van der Waals surface area contributed by atoms with Crippen LogP contribution < -0.4 is 0 Å². The third-order valence-electron chi connectivity index (χ3n) is 4.65. The van der Waals surface area contributed by atoms with E-state index in [0.717, 1.165) is 44.9 Å². The van der Waals surface area contributed by atoms with E-state index >= 15 is 0 Å². The maximum atomic E-state index is 11.5. The summed E-state index contributed by atoms with van der Waals surface area (Å²) in [5, 5.41) is 18.7. The summed E-state index contributed by atoms with van der Waals surface area (Å²) in [6.07, 6.45) is 6.40. The third kappa shape index (κ3) is 1.28. The summed E-state index contributed by atoms with van der Waals surface area (Å²) in [6.45, 7) is 0. The highest BCUT2D eigenvalue weighted by Gasteiger charge is 2.64. The zero-order valence-corrected chi connectivity index (χ0v) is 9.37. The Morgan fingerprint density at radius 1 is 0.750 bits per heavy atom. The first-order valence-electron chi connectivity index (χ1n) is 6.02. The lowest BCUT2D eigenvalue weighted by molar-refractivity contribution is -0.175. The van der Waals surface area contributed by atoms with Gasteiger partial charge in [0.1, 0.15) is 0 Å². The van der Waals surface area contributed by atoms with Crippen LogP contribution in [0.25, 0.3) is 0 Å². The molecule has 0 aromatic carbocycles. The average molecular weight is 226 g/mol. The second-order valence-corrected chi connectivity index (χ2v) is 5.21. The molecule has 0 saturated heterocycles. The molecule has 2 N–H and O–H groups in total. The normalized spacial score (nSPS) is 26.8. The molecular weight excluding hydrogens is 208 g/mol. The van der Waals surface area contributed by atoms with Crippen molar-refractivity contribution in [3.63, 3.8) is 0 Å². The molecule has 0 unspecified atom stereocenters. The van der Waals surface area contributed by atoms with Gasteiger partial charge in [0.2, 0.25) is 0 Å². The predicted molar refractivity (Wildman–Crippen MR) is 57.1 cm³/mol. The molecule has 90 valence electrons. The van der Waals surface area contributed by atoms with Crippen LogP contribution >= 0.6 is 0 Å². The first-order chi connectivity index (χ1) is 7.55. The van der Waals surface area contributed by atoms with E-state index in [4.69, 9.17) is 0 Å². The minimum atomic E-state index is -1.51. The Labute approximate surface area is 94.7 Å². The predicted octanol–water partition coefficient (Wildman–Crippen LogP) is 2.28. The summed E-state index contributed by atoms with van der Waals surface area (Å²) in [5.74, 6) is -2.25. The van der Waals surface area contributed by atoms with Crippen LogP contribution in [0.2, 0.25) is 0 Å². The Kier molecular flexibility index (Phi) is 2.68. The van der Waals surface area contributed by atoms with Crippen molar-refractivity contribution in [2.75, 3.05) is 0 Å². The molecule has 0 aromatic heterocycles. The molecule has 0 atom stereocenters. The zero-order valence-electron chi connectivity index (χ0n) is 9.37. The molecule has 0 heterocycles. The number of carbonyl (C=O) groups is 2. The second kappa shape index (κ2) is 3.75. The summed E-state index contributed by atoms with van der Waals surface area (Å²) >= 11 is 0. The van der Waals surface area contributed by atoms with Crippen LogP contribution in [0.3, 0.4) is 0 Å². The van der Waals surface area contributed by atoms with Gasteiger partial charge in [-0.2, -0.15) is 0 Å². The number of hydrogen-bond acceptors (Lipinski definition) is 2. The molecule has 2 saturated carbocycles. The molecule has 0 amide bonds. The minimum absolute atomic E-state index is 0.303. The molecule has 1 spiro atoms. The summed E-state index contributed by atoms with van der Waals surface area (Å²) in [7, 11) is 0. The van der Waals surface area contributed by atoms with Gasteiger partial charge >= 0.3 is 11.9 Å². The van der Waals surface area contributed by atoms with Crippen molar-refractivity contribution in [3.8, 4) is 0 Å². The number of carboxylic acid groups (broad SMARTS) is 2. The topological polar surface area (TPSA) is 74.6 Å². The molecule has 4 heteroatoms. The number of aliphatic carboxylic acids is 2. The van der Waals surface area contributed by atoms with E-state index in [0.29, 0.717) is 6.42 Å². The minimum Gasteiger partial charge on any atom is -0.480 e. The quantitative estimate of drug-likeness (QED) is 0.708. The third-order valence-corrected chi connectivity index (χ3v) is 4.65. The van der Waals surface area contributed by atoms with Crippen LogP contribution in [0, 0.1) is 10.8 Å². The number of hydrogen-bond donors (Lipinski definition) is 2. The maximum Gasteiger partial charge on any atom is 0.321 e. The Hall–Kier alpha value is -1.06. The molecule has 0 radical (unpaired) electrons. The van der Waals surface area contributed by atoms with E-state index in [9.17, 15) is 19.8 Å². The SMILES string of the molecule is O=C(O)C1(C(=O)O)CCCC12CCCCC2. The molecule has 2 fully saturated rings. The number of rotatable bonds is 2. The monoisotopic (exact) mass is 226 g/mol. The van der Waals surface area contributed by atoms with Crippen molar-refractivity contribution in [1.82, 2.24) is 0 Å². The molecule has 16 heavy (non-hydrogen) atoms. The highest BCUT2D eigenvalue weighted by atomic mass is 16.4. The van der Waals surface area contributed by atoms with Crippen LogP contribution in [-0.4, -0.2) is 22.2 Å². The summed E-state index contributed by atoms with van der Waals surface area (Å²) in [6, 6.07) is 0. The van der Waals surface area contributed by atoms with Crippen molar-refractivity contribution in [1.29, 1.82) is 0 Å². The number of carboxylic acids is 2. The van der Waals surface area contributed by atoms with E-state index in [1.807, 2.05) is 0 Å². The highest BCUT2D eigenvalue weighted by Crippen LogP contribution is 2.60. The Bertz CT molecular complexity index is 301. The smallest absolute Gasteiger partial charge is 0.321 e. The molecule has 0 aliphatic heterocycles. The standard InChI is InChI=1S/C12H18O4/c13-9(14)12(10(15)16)8-4-7-11(12)5-2-1-3-6-11/h1-8H2,(H,13,14)(H,15,16). The van der Waals surface area contributed by atoms with E-state index in [1.54, 1.807) is 0 Å². The van der Waals surface area contributed by atoms with Crippen LogP contribution in [0.4, 0.5) is 0 Å². The fraction of sp³-hybridized carbons (Fsp3) is 0.833. The average Bonchev–Trinajstić information content (AvgIpc) is 2.59. The van der Waals surface area contributed by atoms with Gasteiger partial charge in [-0.1, -0.05) is 25.7 Å². The van der Waals surface area contributed by atoms with Gasteiger partial charge in [-0.15, -0.1) is 0 Å². The molecule has 2 aliphatic rings. The van der Waals surface area contributed by atoms with Crippen LogP contribution in [0.15, 0.2) is 0 Å². The lowest BCUT2D eigenvalue weighted by atomic mass is 9.58. The van der Waals surface area contributed by atoms with E-state index in [2.05, 4.69) is 0 Å². The molecule has 4 nitrogen and oxygen atoms in total. The lowest BCUT2D eigenvalue weighted by Crippen LogP contribution is -2.50. The molecule has 0 aromatic rings. The second-order valence-electron chi connectivity index (χ2n) is 5.21. The largest absolute Gasteiger partial charge is 0.480 e. The van der Waals surface area contributed by atoms with Gasteiger partial charge < -0.3 is 10.2 Å². The van der Waals surface area contributed by atoms with E-state index in [-0.39, 0.29) is 0 Å². The van der Waals surface area contributed by atoms with Gasteiger partial charge in [0.25, 0.3) is 0 Å². The molecule has 2 rings (SSSR count). The maximum absolute atomic E-state index is 11.5. The van der Waals surface area contributed by atoms with Crippen molar-refractivity contribution in [2.45, 2.75) is 51.4 Å². The summed E-state index contributed by atoms with van der Waals surface area (Å²) in [4.78, 5) is 22.9. The fourth-order valence-electron chi connectivity index (χ4n) is 3.83. The Balaban J connectivity index is 2.42. The van der Waals surface area contributed by atoms with Crippen molar-refractivity contribution < 1.29 is 19.8 Å². The molecule has 2 aliphatic carbocycles. The van der Waals surface area contributed by atoms with Gasteiger partial charge in [0.15, 0.2) is 5.41 Å². The fourth-order valence-corrected chi connectivity index (χ4v) is 3.83. The molecular formula is C12H18O4. The van der Waals surface area contributed by atoms with Crippen molar-refractivity contribution in [3.05, 3.63) is 0 Å². The first kappa shape index (κ1) is 11.4. The van der Waals surface area contributed by atoms with Crippen LogP contribution in [0.5, 0.6) is 0 Å². The highest BCUT2D eigenvalue weighted by molar-refractivity contribution is 5.99. The lowest BCUT2D eigenvalue weighted by Gasteiger charge is -2.43. The summed E-state index contributed by atoms with van der Waals surface area (Å²) in [5.41, 5.74) is -1.98. The van der Waals surface area contributed by atoms with Crippen LogP contribution in [-0.2, 0) is 9.59 Å². The van der Waals surface area contributed by atoms with Gasteiger partial charge in [0.05, 0.1) is 0 Å². The zero-order chi connectivity index (χ0) is 11.8. The first-order valence-corrected chi connectivity index (χ1v) is 6.02. The van der Waals surface area contributed by atoms with Crippen molar-refractivity contribution in [2.24, 2.45) is 10.8 Å². The van der Waals surface area contributed by atoms with E-state index < -0.39 is 22.8 Å². The van der Waals surface area contributed by atoms with Gasteiger partial charge in [-0.25, -0.2) is 0 Å². The Morgan fingerprint density at radius 3 is 1.75 bits per heavy atom. The van der Waals surface area contributed by atoms with E-state index in [1.165, 1.54) is 0 Å². The van der Waals surface area contributed by atoms with Crippen LogP contribution in [0.1, 0.15) is 51.4 Å². The van der Waals surface area contributed by atoms with Gasteiger partial charge in [0, 0.05) is 0 Å². The molecule has 0 bridgehead atoms. The van der Waals surface area contributed by atoms with Gasteiger partial charge in [-0.3, -0.25) is 9.59 Å². The summed E-state index contributed by atoms with van der Waals surface area (Å²) < 4.78 is 0. The van der Waals surface area contributed by atoms with Gasteiger partial charge in [-0.05, 0) is 31.1 Å². The van der Waals surface area contributed by atoms with Crippen molar-refractivity contribution >= 4 is 11.9 Å². The Morgan fingerprint density at radius 2 is 1.25 bits per heavy atom.